The van der Waals surface area contributed by atoms with Crippen LogP contribution in [0.25, 0.3) is 10.4 Å². The zero-order chi connectivity index (χ0) is 7.82. The molecule has 0 saturated carbocycles. The molecule has 0 amide bonds. The minimum absolute atomic E-state index is 0.370. The first-order chi connectivity index (χ1) is 4.81. The van der Waals surface area contributed by atoms with Crippen LogP contribution in [0.2, 0.25) is 0 Å². The van der Waals surface area contributed by atoms with E-state index in [1.807, 2.05) is 6.08 Å². The number of hydrogen-bond acceptors (Lipinski definition) is 2. The summed E-state index contributed by atoms with van der Waals surface area (Å²) in [5.41, 5.74) is 13.3. The quantitative estimate of drug-likeness (QED) is 0.205. The van der Waals surface area contributed by atoms with E-state index in [9.17, 15) is 0 Å². The standard InChI is InChI=1S/C6H12N4/c1-2-3-4-5-6(7)9-10-8/h2,6H,1,3-5,7H2. The molecule has 0 rings (SSSR count). The van der Waals surface area contributed by atoms with Gasteiger partial charge in [-0.2, -0.15) is 0 Å². The zero-order valence-corrected chi connectivity index (χ0v) is 5.90. The molecular formula is C6H12N4. The van der Waals surface area contributed by atoms with Crippen molar-refractivity contribution >= 4 is 0 Å². The van der Waals surface area contributed by atoms with Gasteiger partial charge >= 0.3 is 0 Å². The smallest absolute Gasteiger partial charge is 0.0836 e. The molecule has 0 aromatic heterocycles. The van der Waals surface area contributed by atoms with Crippen LogP contribution < -0.4 is 5.73 Å². The number of nitrogens with two attached hydrogens (primary N) is 1. The van der Waals surface area contributed by atoms with Crippen molar-refractivity contribution in [2.45, 2.75) is 25.4 Å². The molecule has 0 spiro atoms. The monoisotopic (exact) mass is 140 g/mol. The predicted molar refractivity (Wildman–Crippen MR) is 41.2 cm³/mol. The van der Waals surface area contributed by atoms with Gasteiger partial charge in [0.25, 0.3) is 0 Å². The molecule has 4 nitrogen and oxygen atoms in total. The number of unbranched alkanes of at least 4 members (excludes halogenated alkanes) is 1. The third kappa shape index (κ3) is 5.15. The van der Waals surface area contributed by atoms with Gasteiger partial charge in [-0.1, -0.05) is 11.2 Å². The summed E-state index contributed by atoms with van der Waals surface area (Å²) >= 11 is 0. The molecule has 0 aliphatic heterocycles. The number of azide groups is 1. The van der Waals surface area contributed by atoms with E-state index in [1.165, 1.54) is 0 Å². The highest BCUT2D eigenvalue weighted by molar-refractivity contribution is 4.68. The van der Waals surface area contributed by atoms with Crippen LogP contribution in [-0.2, 0) is 0 Å². The van der Waals surface area contributed by atoms with E-state index in [-0.39, 0.29) is 6.17 Å². The maximum atomic E-state index is 7.95. The second kappa shape index (κ2) is 6.13. The second-order valence-electron chi connectivity index (χ2n) is 1.99. The van der Waals surface area contributed by atoms with Crippen molar-refractivity contribution in [2.75, 3.05) is 0 Å². The first-order valence-electron chi connectivity index (χ1n) is 3.22. The van der Waals surface area contributed by atoms with Gasteiger partial charge in [0, 0.05) is 4.91 Å². The van der Waals surface area contributed by atoms with Gasteiger partial charge in [0.2, 0.25) is 0 Å². The van der Waals surface area contributed by atoms with E-state index in [0.717, 1.165) is 19.3 Å². The highest BCUT2D eigenvalue weighted by Gasteiger charge is 1.95. The lowest BCUT2D eigenvalue weighted by atomic mass is 10.2. The average Bonchev–Trinajstić information content (AvgIpc) is 1.89. The van der Waals surface area contributed by atoms with Gasteiger partial charge in [-0.25, -0.2) is 0 Å². The summed E-state index contributed by atoms with van der Waals surface area (Å²) in [6.45, 7) is 3.56. The number of hydrogen-bond donors (Lipinski definition) is 1. The fourth-order valence-corrected chi connectivity index (χ4v) is 0.595. The van der Waals surface area contributed by atoms with Gasteiger partial charge < -0.3 is 5.73 Å². The van der Waals surface area contributed by atoms with E-state index in [4.69, 9.17) is 11.3 Å². The lowest BCUT2D eigenvalue weighted by Gasteiger charge is -2.00. The minimum Gasteiger partial charge on any atom is -0.323 e. The number of allylic oxidation sites excluding steroid dienone is 1. The van der Waals surface area contributed by atoms with Crippen molar-refractivity contribution in [3.63, 3.8) is 0 Å². The Morgan fingerprint density at radius 1 is 1.80 bits per heavy atom. The van der Waals surface area contributed by atoms with Crippen LogP contribution in [0, 0.1) is 0 Å². The first-order valence-corrected chi connectivity index (χ1v) is 3.22. The fraction of sp³-hybridized carbons (Fsp3) is 0.667. The highest BCUT2D eigenvalue weighted by atomic mass is 15.2. The Labute approximate surface area is 60.3 Å². The fourth-order valence-electron chi connectivity index (χ4n) is 0.595. The maximum absolute atomic E-state index is 7.95. The Kier molecular flexibility index (Phi) is 5.53. The lowest BCUT2D eigenvalue weighted by molar-refractivity contribution is 0.605. The molecule has 0 aliphatic rings. The number of rotatable bonds is 5. The largest absolute Gasteiger partial charge is 0.323 e. The minimum atomic E-state index is -0.370. The Morgan fingerprint density at radius 2 is 2.50 bits per heavy atom. The molecule has 0 heterocycles. The molecule has 4 heteroatoms. The summed E-state index contributed by atoms with van der Waals surface area (Å²) in [5, 5.41) is 3.32. The van der Waals surface area contributed by atoms with Crippen LogP contribution >= 0.6 is 0 Å². The molecule has 10 heavy (non-hydrogen) atoms. The third-order valence-corrected chi connectivity index (χ3v) is 1.11. The summed E-state index contributed by atoms with van der Waals surface area (Å²) in [7, 11) is 0. The van der Waals surface area contributed by atoms with Crippen LogP contribution in [0.3, 0.4) is 0 Å². The predicted octanol–water partition coefficient (Wildman–Crippen LogP) is 1.94. The molecular weight excluding hydrogens is 128 g/mol. The van der Waals surface area contributed by atoms with Crippen LogP contribution in [0.5, 0.6) is 0 Å². The SMILES string of the molecule is C=CCCCC(N)N=[N+]=[N-]. The lowest BCUT2D eigenvalue weighted by Crippen LogP contribution is -2.15. The van der Waals surface area contributed by atoms with Gasteiger partial charge in [-0.15, -0.1) is 6.58 Å². The van der Waals surface area contributed by atoms with Crippen molar-refractivity contribution in [1.29, 1.82) is 0 Å². The molecule has 56 valence electrons. The molecule has 0 bridgehead atoms. The normalized spacial score (nSPS) is 11.7. The zero-order valence-electron chi connectivity index (χ0n) is 5.90. The molecule has 1 atom stereocenters. The van der Waals surface area contributed by atoms with Crippen LogP contribution in [-0.4, -0.2) is 6.17 Å². The Hall–Kier alpha value is -0.990. The molecule has 0 aliphatic carbocycles. The van der Waals surface area contributed by atoms with E-state index >= 15 is 0 Å². The van der Waals surface area contributed by atoms with Crippen LogP contribution in [0.4, 0.5) is 0 Å². The second-order valence-corrected chi connectivity index (χ2v) is 1.99. The molecule has 0 aromatic rings. The molecule has 0 fully saturated rings. The van der Waals surface area contributed by atoms with Gasteiger partial charge in [0.1, 0.15) is 0 Å². The maximum Gasteiger partial charge on any atom is 0.0836 e. The van der Waals surface area contributed by atoms with Crippen LogP contribution in [0.15, 0.2) is 17.8 Å². The first kappa shape index (κ1) is 9.01. The van der Waals surface area contributed by atoms with Crippen molar-refractivity contribution in [2.24, 2.45) is 10.8 Å². The van der Waals surface area contributed by atoms with Crippen molar-refractivity contribution in [3.05, 3.63) is 23.1 Å². The van der Waals surface area contributed by atoms with Crippen molar-refractivity contribution in [1.82, 2.24) is 0 Å². The van der Waals surface area contributed by atoms with Gasteiger partial charge in [-0.05, 0) is 24.8 Å². The number of nitrogens with zero attached hydrogens (tertiary/aromatic N) is 3. The Bertz CT molecular complexity index is 137. The van der Waals surface area contributed by atoms with E-state index in [0.29, 0.717) is 0 Å². The topological polar surface area (TPSA) is 74.8 Å². The molecule has 1 unspecified atom stereocenters. The van der Waals surface area contributed by atoms with Crippen molar-refractivity contribution < 1.29 is 0 Å². The van der Waals surface area contributed by atoms with Crippen LogP contribution in [0.1, 0.15) is 19.3 Å². The van der Waals surface area contributed by atoms with Gasteiger partial charge in [0.05, 0.1) is 6.17 Å². The van der Waals surface area contributed by atoms with Gasteiger partial charge in [0.15, 0.2) is 0 Å². The highest BCUT2D eigenvalue weighted by Crippen LogP contribution is 1.99. The summed E-state index contributed by atoms with van der Waals surface area (Å²) in [6.07, 6.45) is 4.04. The molecule has 0 saturated heterocycles. The average molecular weight is 140 g/mol. The summed E-state index contributed by atoms with van der Waals surface area (Å²) in [6, 6.07) is 0. The Balaban J connectivity index is 3.29. The summed E-state index contributed by atoms with van der Waals surface area (Å²) < 4.78 is 0. The molecule has 0 aromatic carbocycles. The summed E-state index contributed by atoms with van der Waals surface area (Å²) in [5.74, 6) is 0. The summed E-state index contributed by atoms with van der Waals surface area (Å²) in [4.78, 5) is 2.59. The van der Waals surface area contributed by atoms with Gasteiger partial charge in [-0.3, -0.25) is 0 Å². The Morgan fingerprint density at radius 3 is 3.00 bits per heavy atom. The van der Waals surface area contributed by atoms with Crippen molar-refractivity contribution in [3.8, 4) is 0 Å². The molecule has 2 N–H and O–H groups in total. The van der Waals surface area contributed by atoms with E-state index in [1.54, 1.807) is 0 Å². The molecule has 0 radical (unpaired) electrons. The third-order valence-electron chi connectivity index (χ3n) is 1.11. The van der Waals surface area contributed by atoms with E-state index in [2.05, 4.69) is 16.6 Å². The van der Waals surface area contributed by atoms with E-state index < -0.39 is 0 Å².